The molecule has 2 nitrogen and oxygen atoms in total. The molecule has 2 aliphatic rings. The Morgan fingerprint density at radius 2 is 2.45 bits per heavy atom. The molecule has 0 aromatic heterocycles. The molecule has 0 spiro atoms. The van der Waals surface area contributed by atoms with E-state index in [2.05, 4.69) is 4.99 Å². The van der Waals surface area contributed by atoms with Crippen LogP contribution in [0, 0.1) is 0 Å². The first-order valence-corrected chi connectivity index (χ1v) is 4.21. The Hall–Kier alpha value is -0.800. The smallest absolute Gasteiger partial charge is 0.123 e. The Morgan fingerprint density at radius 3 is 3.36 bits per heavy atom. The summed E-state index contributed by atoms with van der Waals surface area (Å²) in [4.78, 5) is 5.05. The Labute approximate surface area is 69.0 Å². The molecular formula is C8H7NOS. The summed E-state index contributed by atoms with van der Waals surface area (Å²) in [5.74, 6) is 0. The van der Waals surface area contributed by atoms with Crippen LogP contribution < -0.4 is 0 Å². The molecule has 56 valence electrons. The van der Waals surface area contributed by atoms with Gasteiger partial charge in [-0.3, -0.25) is 4.99 Å². The lowest BCUT2D eigenvalue weighted by Gasteiger charge is -1.95. The average Bonchev–Trinajstić information content (AvgIpc) is 2.17. The van der Waals surface area contributed by atoms with Crippen LogP contribution in [0.15, 0.2) is 39.9 Å². The molecule has 1 atom stereocenters. The molecule has 2 aliphatic heterocycles. The predicted octanol–water partition coefficient (Wildman–Crippen LogP) is 1.46. The second-order valence-electron chi connectivity index (χ2n) is 2.28. The molecule has 3 heteroatoms. The van der Waals surface area contributed by atoms with E-state index in [-0.39, 0.29) is 5.44 Å². The van der Waals surface area contributed by atoms with Crippen molar-refractivity contribution in [3.05, 3.63) is 34.9 Å². The summed E-state index contributed by atoms with van der Waals surface area (Å²) < 4.78 is 0. The van der Waals surface area contributed by atoms with Crippen molar-refractivity contribution in [1.29, 1.82) is 0 Å². The summed E-state index contributed by atoms with van der Waals surface area (Å²) in [6.07, 6.45) is 9.10. The van der Waals surface area contributed by atoms with Crippen LogP contribution in [0.4, 0.5) is 0 Å². The van der Waals surface area contributed by atoms with E-state index < -0.39 is 0 Å². The highest BCUT2D eigenvalue weighted by Gasteiger charge is 2.17. The van der Waals surface area contributed by atoms with E-state index in [9.17, 15) is 5.11 Å². The van der Waals surface area contributed by atoms with E-state index in [1.165, 1.54) is 11.8 Å². The first-order valence-electron chi connectivity index (χ1n) is 3.33. The Kier molecular flexibility index (Phi) is 1.68. The predicted molar refractivity (Wildman–Crippen MR) is 47.4 cm³/mol. The third-order valence-electron chi connectivity index (χ3n) is 1.51. The van der Waals surface area contributed by atoms with Gasteiger partial charge in [-0.15, -0.1) is 0 Å². The minimum absolute atomic E-state index is 0.382. The van der Waals surface area contributed by atoms with E-state index >= 15 is 0 Å². The van der Waals surface area contributed by atoms with Gasteiger partial charge in [-0.2, -0.15) is 0 Å². The van der Waals surface area contributed by atoms with Crippen molar-refractivity contribution in [2.45, 2.75) is 5.44 Å². The fourth-order valence-corrected chi connectivity index (χ4v) is 1.91. The topological polar surface area (TPSA) is 32.6 Å². The number of nitrogens with zero attached hydrogens (tertiary/aromatic N) is 1. The van der Waals surface area contributed by atoms with E-state index in [1.807, 2.05) is 18.2 Å². The standard InChI is InChI=1S/C8H7NOS/c10-8-5-6-1-3-9-4-2-7(6)11-8/h1-5,8,10H. The van der Waals surface area contributed by atoms with Gasteiger partial charge in [0.25, 0.3) is 0 Å². The maximum Gasteiger partial charge on any atom is 0.123 e. The van der Waals surface area contributed by atoms with Gasteiger partial charge < -0.3 is 5.11 Å². The molecule has 0 saturated heterocycles. The van der Waals surface area contributed by atoms with Crippen molar-refractivity contribution in [2.75, 3.05) is 0 Å². The van der Waals surface area contributed by atoms with Crippen molar-refractivity contribution in [3.63, 3.8) is 0 Å². The summed E-state index contributed by atoms with van der Waals surface area (Å²) in [5.41, 5.74) is 0.687. The van der Waals surface area contributed by atoms with Crippen molar-refractivity contribution >= 4 is 18.0 Å². The summed E-state index contributed by atoms with van der Waals surface area (Å²) in [6, 6.07) is 0. The Morgan fingerprint density at radius 1 is 1.55 bits per heavy atom. The van der Waals surface area contributed by atoms with Gasteiger partial charge in [0, 0.05) is 17.3 Å². The monoisotopic (exact) mass is 165 g/mol. The van der Waals surface area contributed by atoms with E-state index in [1.54, 1.807) is 12.4 Å². The maximum atomic E-state index is 9.22. The molecule has 0 fully saturated rings. The molecule has 0 amide bonds. The molecule has 0 aromatic carbocycles. The third-order valence-corrected chi connectivity index (χ3v) is 2.51. The first kappa shape index (κ1) is 6.88. The summed E-state index contributed by atoms with van der Waals surface area (Å²) in [5, 5.41) is 9.22. The van der Waals surface area contributed by atoms with E-state index in [0.717, 1.165) is 10.5 Å². The van der Waals surface area contributed by atoms with Gasteiger partial charge in [0.1, 0.15) is 5.44 Å². The molecule has 0 aromatic rings. The van der Waals surface area contributed by atoms with Crippen LogP contribution >= 0.6 is 11.8 Å². The van der Waals surface area contributed by atoms with Crippen molar-refractivity contribution in [3.8, 4) is 0 Å². The van der Waals surface area contributed by atoms with Gasteiger partial charge in [0.05, 0.1) is 0 Å². The number of hydrogen-bond acceptors (Lipinski definition) is 3. The number of thioether (sulfide) groups is 1. The zero-order valence-electron chi connectivity index (χ0n) is 5.77. The average molecular weight is 165 g/mol. The molecule has 0 aliphatic carbocycles. The maximum absolute atomic E-state index is 9.22. The molecule has 1 unspecified atom stereocenters. The number of hydrogen-bond donors (Lipinski definition) is 1. The van der Waals surface area contributed by atoms with Gasteiger partial charge in [-0.25, -0.2) is 0 Å². The van der Waals surface area contributed by atoms with Crippen LogP contribution in [-0.2, 0) is 0 Å². The van der Waals surface area contributed by atoms with Crippen LogP contribution in [0.1, 0.15) is 0 Å². The van der Waals surface area contributed by atoms with Crippen molar-refractivity contribution in [2.24, 2.45) is 4.99 Å². The van der Waals surface area contributed by atoms with Crippen LogP contribution in [0.5, 0.6) is 0 Å². The molecule has 1 N–H and O–H groups in total. The highest BCUT2D eigenvalue weighted by atomic mass is 32.2. The summed E-state index contributed by atoms with van der Waals surface area (Å²) >= 11 is 1.44. The van der Waals surface area contributed by atoms with Crippen LogP contribution in [-0.4, -0.2) is 16.8 Å². The number of aliphatic hydroxyl groups is 1. The highest BCUT2D eigenvalue weighted by Crippen LogP contribution is 2.36. The van der Waals surface area contributed by atoms with Crippen LogP contribution in [0.25, 0.3) is 0 Å². The summed E-state index contributed by atoms with van der Waals surface area (Å²) in [7, 11) is 0. The highest BCUT2D eigenvalue weighted by molar-refractivity contribution is 8.04. The van der Waals surface area contributed by atoms with E-state index in [0.29, 0.717) is 0 Å². The number of fused-ring (bicyclic) bond motifs is 1. The quantitative estimate of drug-likeness (QED) is 0.589. The zero-order valence-corrected chi connectivity index (χ0v) is 6.58. The second-order valence-corrected chi connectivity index (χ2v) is 3.43. The number of aliphatic imine (C=N–C) groups is 1. The van der Waals surface area contributed by atoms with Gasteiger partial charge in [-0.1, -0.05) is 11.8 Å². The SMILES string of the molecule is OC1C=C2C=CN=CC=C2S1. The normalized spacial score (nSPS) is 27.5. The van der Waals surface area contributed by atoms with Crippen molar-refractivity contribution in [1.82, 2.24) is 0 Å². The zero-order chi connectivity index (χ0) is 7.68. The van der Waals surface area contributed by atoms with Crippen molar-refractivity contribution < 1.29 is 5.11 Å². The Balaban J connectivity index is 2.39. The first-order chi connectivity index (χ1) is 5.36. The lowest BCUT2D eigenvalue weighted by atomic mass is 10.2. The summed E-state index contributed by atoms with van der Waals surface area (Å²) in [6.45, 7) is 0. The fourth-order valence-electron chi connectivity index (χ4n) is 1.02. The lowest BCUT2D eigenvalue weighted by molar-refractivity contribution is 0.312. The molecule has 2 heterocycles. The van der Waals surface area contributed by atoms with Gasteiger partial charge in [0.15, 0.2) is 0 Å². The van der Waals surface area contributed by atoms with Crippen LogP contribution in [0.2, 0.25) is 0 Å². The fraction of sp³-hybridized carbons (Fsp3) is 0.125. The molecular weight excluding hydrogens is 158 g/mol. The lowest BCUT2D eigenvalue weighted by Crippen LogP contribution is -1.86. The van der Waals surface area contributed by atoms with Gasteiger partial charge >= 0.3 is 0 Å². The minimum atomic E-state index is -0.382. The molecule has 0 bridgehead atoms. The second kappa shape index (κ2) is 2.68. The van der Waals surface area contributed by atoms with Gasteiger partial charge in [0.2, 0.25) is 0 Å². The molecule has 0 radical (unpaired) electrons. The third kappa shape index (κ3) is 1.29. The van der Waals surface area contributed by atoms with Gasteiger partial charge in [-0.05, 0) is 23.8 Å². The number of rotatable bonds is 0. The molecule has 11 heavy (non-hydrogen) atoms. The largest absolute Gasteiger partial charge is 0.378 e. The van der Waals surface area contributed by atoms with E-state index in [4.69, 9.17) is 0 Å². The molecule has 2 rings (SSSR count). The number of allylic oxidation sites excluding steroid dienone is 3. The van der Waals surface area contributed by atoms with Crippen LogP contribution in [0.3, 0.4) is 0 Å². The molecule has 0 saturated carbocycles. The minimum Gasteiger partial charge on any atom is -0.378 e. The Bertz CT molecular complexity index is 288. The number of aliphatic hydroxyl groups excluding tert-OH is 1.